The molecule has 4 N–H and O–H groups in total. The first-order valence-corrected chi connectivity index (χ1v) is 13.2. The van der Waals surface area contributed by atoms with Crippen LogP contribution in [0.3, 0.4) is 0 Å². The third kappa shape index (κ3) is 7.95. The number of carboxylic acid groups (broad SMARTS) is 1. The van der Waals surface area contributed by atoms with Crippen molar-refractivity contribution < 1.29 is 69.0 Å². The van der Waals surface area contributed by atoms with Crippen LogP contribution in [0, 0.1) is 0 Å². The number of aliphatic carboxylic acids is 1. The average Bonchev–Trinajstić information content (AvgIpc) is 3.21. The minimum atomic E-state index is -1.56. The molecule has 0 unspecified atom stereocenters. The van der Waals surface area contributed by atoms with Gasteiger partial charge in [0.1, 0.15) is 35.6 Å². The van der Waals surface area contributed by atoms with Gasteiger partial charge in [0.25, 0.3) is 5.91 Å². The summed E-state index contributed by atoms with van der Waals surface area (Å²) < 4.78 is 17.7. The Hall–Kier alpha value is -1.76. The second-order valence-electron chi connectivity index (χ2n) is 10.3. The molecule has 2 heterocycles. The molecule has 10 nitrogen and oxygen atoms in total. The van der Waals surface area contributed by atoms with E-state index in [1.165, 1.54) is 33.0 Å². The van der Waals surface area contributed by atoms with Crippen LogP contribution in [0.4, 0.5) is 0 Å². The Morgan fingerprint density at radius 1 is 1.18 bits per heavy atom. The van der Waals surface area contributed by atoms with E-state index in [1.54, 1.807) is 0 Å². The normalized spacial score (nSPS) is 16.6. The maximum atomic E-state index is 12.4. The Bertz CT molecular complexity index is 1220. The first-order chi connectivity index (χ1) is 17.9. The number of aliphatic hydroxyl groups excluding tert-OH is 1. The minimum Gasteiger partial charge on any atom is -0.870 e. The van der Waals surface area contributed by atoms with Crippen LogP contribution in [0.25, 0.3) is 0 Å². The first-order valence-electron chi connectivity index (χ1n) is 12.4. The third-order valence-electron chi connectivity index (χ3n) is 6.92. The van der Waals surface area contributed by atoms with E-state index in [2.05, 4.69) is 10.2 Å². The molecule has 13 heteroatoms. The molecule has 2 aromatic rings. The van der Waals surface area contributed by atoms with E-state index in [-0.39, 0.29) is 69.3 Å². The molecule has 0 saturated carbocycles. The van der Waals surface area contributed by atoms with Gasteiger partial charge in [-0.2, -0.15) is 0 Å². The molecule has 0 aromatic heterocycles. The van der Waals surface area contributed by atoms with Crippen molar-refractivity contribution >= 4 is 35.1 Å². The first kappa shape index (κ1) is 34.4. The number of carboxylic acids is 1. The van der Waals surface area contributed by atoms with Crippen molar-refractivity contribution in [1.29, 1.82) is 0 Å². The van der Waals surface area contributed by atoms with Crippen LogP contribution in [0.5, 0.6) is 17.2 Å². The number of hydrogen-bond acceptors (Lipinski definition) is 8. The van der Waals surface area contributed by atoms with Crippen LogP contribution < -0.4 is 49.1 Å². The SMILES string of the molecule is CNC(=O)c1cc(Cl)c(OC(C)(C)C(=O)O)cc1OC[C@@H](O)CN1CCC2(CC1)Cc1cc(Cl)ccc1O2.[Na+].[OH-]. The number of carbonyl (C=O) groups excluding carboxylic acids is 1. The second-order valence-corrected chi connectivity index (χ2v) is 11.1. The maximum Gasteiger partial charge on any atom is 1.00 e. The van der Waals surface area contributed by atoms with Crippen molar-refractivity contribution in [3.8, 4) is 17.2 Å². The van der Waals surface area contributed by atoms with Gasteiger partial charge in [0, 0.05) is 57.0 Å². The van der Waals surface area contributed by atoms with E-state index in [0.29, 0.717) is 11.6 Å². The monoisotopic (exact) mass is 606 g/mol. The van der Waals surface area contributed by atoms with E-state index in [4.69, 9.17) is 37.4 Å². The molecule has 0 aliphatic carbocycles. The van der Waals surface area contributed by atoms with E-state index in [9.17, 15) is 19.8 Å². The van der Waals surface area contributed by atoms with Gasteiger partial charge in [-0.25, -0.2) is 4.79 Å². The Kier molecular flexibility index (Phi) is 12.0. The summed E-state index contributed by atoms with van der Waals surface area (Å²) in [6, 6.07) is 8.44. The fourth-order valence-electron chi connectivity index (χ4n) is 4.72. The largest absolute Gasteiger partial charge is 1.00 e. The number of fused-ring (bicyclic) bond motifs is 1. The van der Waals surface area contributed by atoms with E-state index in [1.807, 2.05) is 18.2 Å². The molecule has 1 amide bonds. The smallest absolute Gasteiger partial charge is 0.870 e. The van der Waals surface area contributed by atoms with Crippen molar-refractivity contribution in [3.05, 3.63) is 51.5 Å². The predicted molar refractivity (Wildman–Crippen MR) is 145 cm³/mol. The number of benzene rings is 2. The number of halogens is 2. The zero-order valence-corrected chi connectivity index (χ0v) is 26.5. The van der Waals surface area contributed by atoms with Crippen molar-refractivity contribution in [2.75, 3.05) is 33.3 Å². The number of carbonyl (C=O) groups is 2. The zero-order valence-electron chi connectivity index (χ0n) is 23.0. The zero-order chi connectivity index (χ0) is 27.7. The van der Waals surface area contributed by atoms with Crippen LogP contribution in [-0.2, 0) is 11.2 Å². The maximum absolute atomic E-state index is 12.4. The van der Waals surface area contributed by atoms with Gasteiger partial charge < -0.3 is 40.1 Å². The molecular formula is C27H33Cl2N2NaO8. The number of β-amino-alcohol motifs (C(OH)–C–C–N with tert-alkyl or cyclic N) is 1. The molecule has 1 saturated heterocycles. The number of ether oxygens (including phenoxy) is 3. The summed E-state index contributed by atoms with van der Waals surface area (Å²) in [5.74, 6) is -0.559. The molecule has 214 valence electrons. The minimum absolute atomic E-state index is 0. The number of nitrogens with zero attached hydrogens (tertiary/aromatic N) is 1. The molecule has 2 aliphatic heterocycles. The molecule has 4 rings (SSSR count). The van der Waals surface area contributed by atoms with Crippen molar-refractivity contribution in [1.82, 2.24) is 10.2 Å². The fourth-order valence-corrected chi connectivity index (χ4v) is 5.12. The predicted octanol–water partition coefficient (Wildman–Crippen LogP) is 0.632. The van der Waals surface area contributed by atoms with E-state index >= 15 is 0 Å². The molecule has 1 spiro atoms. The van der Waals surface area contributed by atoms with Gasteiger partial charge in [-0.05, 0) is 43.7 Å². The van der Waals surface area contributed by atoms with Gasteiger partial charge in [-0.1, -0.05) is 23.2 Å². The molecule has 2 aliphatic rings. The van der Waals surface area contributed by atoms with Gasteiger partial charge in [0.2, 0.25) is 0 Å². The van der Waals surface area contributed by atoms with Crippen LogP contribution in [0.1, 0.15) is 42.6 Å². The summed E-state index contributed by atoms with van der Waals surface area (Å²) in [5, 5.41) is 23.4. The molecule has 2 aromatic carbocycles. The van der Waals surface area contributed by atoms with Crippen LogP contribution in [0.2, 0.25) is 10.0 Å². The summed E-state index contributed by atoms with van der Waals surface area (Å²) in [4.78, 5) is 26.0. The number of amides is 1. The second kappa shape index (κ2) is 13.9. The molecule has 1 atom stereocenters. The summed E-state index contributed by atoms with van der Waals surface area (Å²) in [6.07, 6.45) is 1.64. The van der Waals surface area contributed by atoms with Crippen molar-refractivity contribution in [2.24, 2.45) is 0 Å². The Balaban J connectivity index is 0.00000280. The Morgan fingerprint density at radius 2 is 1.85 bits per heavy atom. The summed E-state index contributed by atoms with van der Waals surface area (Å²) in [5.41, 5.74) is -0.527. The quantitative estimate of drug-likeness (QED) is 0.350. The molecular weight excluding hydrogens is 574 g/mol. The summed E-state index contributed by atoms with van der Waals surface area (Å²) in [6.45, 7) is 4.57. The van der Waals surface area contributed by atoms with Crippen LogP contribution in [-0.4, -0.2) is 83.1 Å². The molecule has 0 bridgehead atoms. The number of rotatable bonds is 9. The van der Waals surface area contributed by atoms with E-state index in [0.717, 1.165) is 43.7 Å². The van der Waals surface area contributed by atoms with Gasteiger partial charge in [0.05, 0.1) is 10.6 Å². The molecule has 40 heavy (non-hydrogen) atoms. The topological polar surface area (TPSA) is 148 Å². The standard InChI is InChI=1S/C27H32Cl2N2O7.Na.H2O/c1-26(2,25(34)35)37-23-12-22(19(11-20(23)29)24(33)30-3)36-15-18(32)14-31-8-6-27(7-9-31)13-16-10-17(28)4-5-21(16)38-27;;/h4-5,10-12,18,32H,6-9,13-15H2,1-3H3,(H,30,33)(H,34,35);;1H2/q;+1;/p-1/t18-;;/m0../s1. The number of likely N-dealkylation sites (tertiary alicyclic amines) is 1. The summed E-state index contributed by atoms with van der Waals surface area (Å²) >= 11 is 12.4. The number of piperidine rings is 1. The number of aliphatic hydroxyl groups is 1. The average molecular weight is 607 g/mol. The summed E-state index contributed by atoms with van der Waals surface area (Å²) in [7, 11) is 1.47. The van der Waals surface area contributed by atoms with Crippen molar-refractivity contribution in [2.45, 2.75) is 50.4 Å². The van der Waals surface area contributed by atoms with Gasteiger partial charge >= 0.3 is 35.5 Å². The number of hydrogen-bond donors (Lipinski definition) is 3. The Morgan fingerprint density at radius 3 is 2.48 bits per heavy atom. The van der Waals surface area contributed by atoms with Gasteiger partial charge in [0.15, 0.2) is 5.60 Å². The fraction of sp³-hybridized carbons (Fsp3) is 0.481. The van der Waals surface area contributed by atoms with E-state index < -0.39 is 23.6 Å². The third-order valence-corrected chi connectivity index (χ3v) is 7.45. The molecule has 0 radical (unpaired) electrons. The van der Waals surface area contributed by atoms with Crippen LogP contribution >= 0.6 is 23.2 Å². The molecule has 1 fully saturated rings. The number of nitrogens with one attached hydrogen (secondary N) is 1. The Labute approximate surface area is 265 Å². The van der Waals surface area contributed by atoms with Crippen molar-refractivity contribution in [3.63, 3.8) is 0 Å². The van der Waals surface area contributed by atoms with Crippen LogP contribution in [0.15, 0.2) is 30.3 Å². The van der Waals surface area contributed by atoms with Gasteiger partial charge in [-0.15, -0.1) is 0 Å². The van der Waals surface area contributed by atoms with Gasteiger partial charge in [-0.3, -0.25) is 4.79 Å².